The smallest absolute Gasteiger partial charge is 0.334 e. The molecule has 0 aliphatic rings. The fourth-order valence-corrected chi connectivity index (χ4v) is 1.18. The summed E-state index contributed by atoms with van der Waals surface area (Å²) in [7, 11) is 1.81. The lowest BCUT2D eigenvalue weighted by atomic mass is 10.3. The van der Waals surface area contributed by atoms with Crippen molar-refractivity contribution >= 4 is 5.97 Å². The zero-order chi connectivity index (χ0) is 11.6. The minimum atomic E-state index is -1.05. The lowest BCUT2D eigenvalue weighted by molar-refractivity contribution is -0.133. The first-order valence-electron chi connectivity index (χ1n) is 4.47. The molecule has 0 fully saturated rings. The van der Waals surface area contributed by atoms with E-state index in [2.05, 4.69) is 11.7 Å². The number of carboxylic acids is 1. The molecule has 1 N–H and O–H groups in total. The van der Waals surface area contributed by atoms with E-state index in [-0.39, 0.29) is 12.2 Å². The van der Waals surface area contributed by atoms with Crippen molar-refractivity contribution in [2.24, 2.45) is 7.05 Å². The van der Waals surface area contributed by atoms with Gasteiger partial charge in [0.25, 0.3) is 0 Å². The maximum atomic E-state index is 10.5. The number of ether oxygens (including phenoxy) is 1. The van der Waals surface area contributed by atoms with Crippen molar-refractivity contribution in [3.8, 4) is 5.75 Å². The van der Waals surface area contributed by atoms with E-state index >= 15 is 0 Å². The number of hydrogen-bond acceptors (Lipinski definition) is 3. The molecule has 0 radical (unpaired) electrons. The van der Waals surface area contributed by atoms with Gasteiger partial charge in [-0.05, 0) is 13.8 Å². The van der Waals surface area contributed by atoms with Gasteiger partial charge in [-0.2, -0.15) is 5.10 Å². The fourth-order valence-electron chi connectivity index (χ4n) is 1.18. The molecule has 0 spiro atoms. The summed E-state index contributed by atoms with van der Waals surface area (Å²) in [4.78, 5) is 10.5. The van der Waals surface area contributed by atoms with Gasteiger partial charge in [0.05, 0.1) is 11.3 Å². The van der Waals surface area contributed by atoms with Crippen LogP contribution in [-0.2, 0) is 11.8 Å². The predicted molar refractivity (Wildman–Crippen MR) is 55.0 cm³/mol. The van der Waals surface area contributed by atoms with Crippen molar-refractivity contribution in [3.63, 3.8) is 0 Å². The summed E-state index contributed by atoms with van der Waals surface area (Å²) < 4.78 is 7.04. The molecule has 1 rings (SSSR count). The van der Waals surface area contributed by atoms with Crippen molar-refractivity contribution in [1.29, 1.82) is 0 Å². The van der Waals surface area contributed by atoms with Gasteiger partial charge in [-0.3, -0.25) is 4.68 Å². The lowest BCUT2D eigenvalue weighted by Gasteiger charge is -2.05. The number of rotatable bonds is 4. The van der Waals surface area contributed by atoms with Crippen LogP contribution in [0.25, 0.3) is 0 Å². The third-order valence-corrected chi connectivity index (χ3v) is 2.14. The van der Waals surface area contributed by atoms with Crippen LogP contribution in [0, 0.1) is 13.8 Å². The Bertz CT molecular complexity index is 407. The van der Waals surface area contributed by atoms with E-state index in [0.29, 0.717) is 5.75 Å². The number of aromatic nitrogens is 2. The Morgan fingerprint density at radius 2 is 2.20 bits per heavy atom. The van der Waals surface area contributed by atoms with Gasteiger partial charge in [0.2, 0.25) is 0 Å². The Balaban J connectivity index is 2.73. The summed E-state index contributed by atoms with van der Waals surface area (Å²) >= 11 is 0. The van der Waals surface area contributed by atoms with E-state index in [1.165, 1.54) is 0 Å². The second-order valence-electron chi connectivity index (χ2n) is 3.32. The monoisotopic (exact) mass is 210 g/mol. The molecule has 5 nitrogen and oxygen atoms in total. The van der Waals surface area contributed by atoms with Crippen LogP contribution in [0.2, 0.25) is 0 Å². The summed E-state index contributed by atoms with van der Waals surface area (Å²) in [5, 5.41) is 12.8. The van der Waals surface area contributed by atoms with Gasteiger partial charge in [-0.15, -0.1) is 0 Å². The molecule has 1 aromatic heterocycles. The number of aliphatic carboxylic acids is 1. The maximum Gasteiger partial charge on any atom is 0.334 e. The van der Waals surface area contributed by atoms with Gasteiger partial charge in [0.1, 0.15) is 12.3 Å². The third kappa shape index (κ3) is 2.37. The number of nitrogens with zero attached hydrogens (tertiary/aromatic N) is 2. The van der Waals surface area contributed by atoms with E-state index in [4.69, 9.17) is 9.84 Å². The highest BCUT2D eigenvalue weighted by molar-refractivity contribution is 5.86. The highest BCUT2D eigenvalue weighted by Gasteiger charge is 2.12. The van der Waals surface area contributed by atoms with Gasteiger partial charge in [-0.25, -0.2) is 4.79 Å². The van der Waals surface area contributed by atoms with E-state index in [1.807, 2.05) is 13.8 Å². The summed E-state index contributed by atoms with van der Waals surface area (Å²) in [5.41, 5.74) is 1.64. The third-order valence-electron chi connectivity index (χ3n) is 2.14. The van der Waals surface area contributed by atoms with Crippen molar-refractivity contribution < 1.29 is 14.6 Å². The van der Waals surface area contributed by atoms with Crippen LogP contribution in [0.4, 0.5) is 0 Å². The molecule has 1 heterocycles. The molecule has 0 aliphatic heterocycles. The summed E-state index contributed by atoms with van der Waals surface area (Å²) in [6.45, 7) is 7.03. The Morgan fingerprint density at radius 3 is 2.60 bits per heavy atom. The molecule has 1 aromatic rings. The minimum absolute atomic E-state index is 0.0251. The van der Waals surface area contributed by atoms with E-state index < -0.39 is 5.97 Å². The molecule has 0 aliphatic carbocycles. The van der Waals surface area contributed by atoms with Gasteiger partial charge >= 0.3 is 5.97 Å². The van der Waals surface area contributed by atoms with E-state index in [9.17, 15) is 4.79 Å². The molecular formula is C10H14N2O3. The van der Waals surface area contributed by atoms with Crippen molar-refractivity contribution in [2.75, 3.05) is 6.61 Å². The van der Waals surface area contributed by atoms with Crippen LogP contribution in [0.1, 0.15) is 11.4 Å². The molecule has 82 valence electrons. The quantitative estimate of drug-likeness (QED) is 0.754. The maximum absolute atomic E-state index is 10.5. The SMILES string of the molecule is C=C(COc1c(C)nn(C)c1C)C(=O)O. The summed E-state index contributed by atoms with van der Waals surface area (Å²) in [6, 6.07) is 0. The number of carbonyl (C=O) groups is 1. The van der Waals surface area contributed by atoms with Crippen molar-refractivity contribution in [1.82, 2.24) is 9.78 Å². The number of hydrogen-bond donors (Lipinski definition) is 1. The predicted octanol–water partition coefficient (Wildman–Crippen LogP) is 1.06. The first kappa shape index (κ1) is 11.3. The second kappa shape index (κ2) is 4.16. The number of aryl methyl sites for hydroxylation is 2. The normalized spacial score (nSPS) is 10.1. The molecule has 15 heavy (non-hydrogen) atoms. The standard InChI is InChI=1S/C10H14N2O3/c1-6(10(13)14)5-15-9-7(2)11-12(4)8(9)3/h1,5H2,2-4H3,(H,13,14). The Kier molecular flexibility index (Phi) is 3.14. The van der Waals surface area contributed by atoms with Gasteiger partial charge in [0, 0.05) is 7.05 Å². The molecule has 0 saturated heterocycles. The van der Waals surface area contributed by atoms with Crippen molar-refractivity contribution in [2.45, 2.75) is 13.8 Å². The first-order chi connectivity index (χ1) is 6.93. The summed E-state index contributed by atoms with van der Waals surface area (Å²) in [6.07, 6.45) is 0. The largest absolute Gasteiger partial charge is 0.485 e. The first-order valence-corrected chi connectivity index (χ1v) is 4.47. The van der Waals surface area contributed by atoms with Crippen molar-refractivity contribution in [3.05, 3.63) is 23.5 Å². The lowest BCUT2D eigenvalue weighted by Crippen LogP contribution is -2.09. The van der Waals surface area contributed by atoms with Crippen LogP contribution >= 0.6 is 0 Å². The molecule has 0 atom stereocenters. The fraction of sp³-hybridized carbons (Fsp3) is 0.400. The number of carboxylic acid groups (broad SMARTS) is 1. The topological polar surface area (TPSA) is 64.4 Å². The molecular weight excluding hydrogens is 196 g/mol. The van der Waals surface area contributed by atoms with Crippen LogP contribution in [0.3, 0.4) is 0 Å². The Hall–Kier alpha value is -1.78. The molecule has 5 heteroatoms. The molecule has 0 saturated carbocycles. The highest BCUT2D eigenvalue weighted by atomic mass is 16.5. The average Bonchev–Trinajstić information content (AvgIpc) is 2.38. The molecule has 0 bridgehead atoms. The van der Waals surface area contributed by atoms with E-state index in [0.717, 1.165) is 11.4 Å². The van der Waals surface area contributed by atoms with Gasteiger partial charge in [-0.1, -0.05) is 6.58 Å². The van der Waals surface area contributed by atoms with Crippen LogP contribution in [-0.4, -0.2) is 27.5 Å². The zero-order valence-electron chi connectivity index (χ0n) is 9.07. The van der Waals surface area contributed by atoms with Crippen LogP contribution in [0.5, 0.6) is 5.75 Å². The molecule has 0 amide bonds. The average molecular weight is 210 g/mol. The second-order valence-corrected chi connectivity index (χ2v) is 3.32. The molecule has 0 aromatic carbocycles. The van der Waals surface area contributed by atoms with Crippen LogP contribution in [0.15, 0.2) is 12.2 Å². The van der Waals surface area contributed by atoms with E-state index in [1.54, 1.807) is 11.7 Å². The Morgan fingerprint density at radius 1 is 1.60 bits per heavy atom. The summed E-state index contributed by atoms with van der Waals surface area (Å²) in [5.74, 6) is -0.422. The zero-order valence-corrected chi connectivity index (χ0v) is 9.07. The Labute approximate surface area is 88.0 Å². The minimum Gasteiger partial charge on any atom is -0.485 e. The van der Waals surface area contributed by atoms with Crippen LogP contribution < -0.4 is 4.74 Å². The van der Waals surface area contributed by atoms with Gasteiger partial charge < -0.3 is 9.84 Å². The highest BCUT2D eigenvalue weighted by Crippen LogP contribution is 2.21. The van der Waals surface area contributed by atoms with Gasteiger partial charge in [0.15, 0.2) is 5.75 Å². The molecule has 0 unspecified atom stereocenters.